The van der Waals surface area contributed by atoms with Gasteiger partial charge in [0, 0.05) is 11.6 Å². The predicted molar refractivity (Wildman–Crippen MR) is 79.1 cm³/mol. The van der Waals surface area contributed by atoms with E-state index in [1.54, 1.807) is 4.40 Å². The van der Waals surface area contributed by atoms with Crippen LogP contribution in [0.4, 0.5) is 0 Å². The number of rotatable bonds is 4. The lowest BCUT2D eigenvalue weighted by Crippen LogP contribution is -1.92. The van der Waals surface area contributed by atoms with Crippen molar-refractivity contribution in [2.45, 2.75) is 19.8 Å². The Morgan fingerprint density at radius 1 is 1.30 bits per heavy atom. The Hall–Kier alpha value is -2.14. The molecule has 0 N–H and O–H groups in total. The molecule has 0 atom stereocenters. The van der Waals surface area contributed by atoms with Crippen LogP contribution >= 0.6 is 11.3 Å². The molecular formula is C15H14N2O2S. The summed E-state index contributed by atoms with van der Waals surface area (Å²) in [6.45, 7) is 4.29. The number of aromatic nitrogens is 2. The third-order valence-corrected chi connectivity index (χ3v) is 3.89. The van der Waals surface area contributed by atoms with E-state index in [1.165, 1.54) is 16.9 Å². The van der Waals surface area contributed by atoms with Gasteiger partial charge in [0.1, 0.15) is 5.75 Å². The lowest BCUT2D eigenvalue weighted by atomic mass is 10.0. The molecule has 0 aliphatic carbocycles. The molecule has 102 valence electrons. The number of imidazole rings is 1. The van der Waals surface area contributed by atoms with E-state index in [4.69, 9.17) is 4.74 Å². The number of nitrogens with zero attached hydrogens (tertiary/aromatic N) is 2. The molecule has 0 aliphatic heterocycles. The number of hydrogen-bond acceptors (Lipinski definition) is 4. The van der Waals surface area contributed by atoms with Crippen LogP contribution in [-0.2, 0) is 0 Å². The molecular weight excluding hydrogens is 272 g/mol. The molecule has 1 aromatic carbocycles. The Morgan fingerprint density at radius 3 is 2.70 bits per heavy atom. The third-order valence-electron chi connectivity index (χ3n) is 3.14. The number of aldehydes is 1. The molecule has 0 bridgehead atoms. The van der Waals surface area contributed by atoms with Gasteiger partial charge in [-0.15, -0.1) is 11.3 Å². The summed E-state index contributed by atoms with van der Waals surface area (Å²) < 4.78 is 7.45. The largest absolute Gasteiger partial charge is 0.437 e. The van der Waals surface area contributed by atoms with Crippen molar-refractivity contribution in [1.29, 1.82) is 0 Å². The number of hydrogen-bond donors (Lipinski definition) is 0. The van der Waals surface area contributed by atoms with E-state index >= 15 is 0 Å². The quantitative estimate of drug-likeness (QED) is 0.677. The number of fused-ring (bicyclic) bond motifs is 1. The van der Waals surface area contributed by atoms with Crippen molar-refractivity contribution in [3.8, 4) is 11.6 Å². The maximum Gasteiger partial charge on any atom is 0.250 e. The maximum absolute atomic E-state index is 11.2. The topological polar surface area (TPSA) is 43.6 Å². The second-order valence-electron chi connectivity index (χ2n) is 4.80. The van der Waals surface area contributed by atoms with Crippen LogP contribution in [0.2, 0.25) is 0 Å². The standard InChI is InChI=1S/C15H14N2O2S/c1-10(2)11-3-5-12(6-4-11)19-14-13(9-18)17-7-8-20-15(17)16-14/h3-10H,1-2H3. The van der Waals surface area contributed by atoms with E-state index in [1.807, 2.05) is 35.8 Å². The highest BCUT2D eigenvalue weighted by atomic mass is 32.1. The Balaban J connectivity index is 1.92. The lowest BCUT2D eigenvalue weighted by Gasteiger charge is -2.07. The minimum Gasteiger partial charge on any atom is -0.437 e. The molecule has 0 fully saturated rings. The minimum absolute atomic E-state index is 0.351. The van der Waals surface area contributed by atoms with Gasteiger partial charge in [0.15, 0.2) is 16.9 Å². The second-order valence-corrected chi connectivity index (χ2v) is 5.67. The molecule has 0 saturated heterocycles. The highest BCUT2D eigenvalue weighted by Gasteiger charge is 2.14. The fourth-order valence-corrected chi connectivity index (χ4v) is 2.71. The second kappa shape index (κ2) is 5.09. The number of thiazole rings is 1. The Morgan fingerprint density at radius 2 is 2.05 bits per heavy atom. The average Bonchev–Trinajstić information content (AvgIpc) is 2.99. The van der Waals surface area contributed by atoms with Gasteiger partial charge in [0.25, 0.3) is 0 Å². The van der Waals surface area contributed by atoms with Crippen LogP contribution in [0.1, 0.15) is 35.8 Å². The number of ether oxygens (including phenoxy) is 1. The zero-order valence-electron chi connectivity index (χ0n) is 11.2. The maximum atomic E-state index is 11.2. The SMILES string of the molecule is CC(C)c1ccc(Oc2nc3sccn3c2C=O)cc1. The molecule has 20 heavy (non-hydrogen) atoms. The summed E-state index contributed by atoms with van der Waals surface area (Å²) in [6.07, 6.45) is 2.58. The molecule has 5 heteroatoms. The first kappa shape index (κ1) is 12.9. The monoisotopic (exact) mass is 286 g/mol. The Bertz CT molecular complexity index is 741. The molecule has 0 saturated carbocycles. The number of carbonyl (C=O) groups is 1. The van der Waals surface area contributed by atoms with Crippen LogP contribution in [0, 0.1) is 0 Å². The van der Waals surface area contributed by atoms with Crippen molar-refractivity contribution in [2.75, 3.05) is 0 Å². The summed E-state index contributed by atoms with van der Waals surface area (Å²) >= 11 is 1.47. The molecule has 3 aromatic rings. The molecule has 0 unspecified atom stereocenters. The van der Waals surface area contributed by atoms with Crippen molar-refractivity contribution in [2.24, 2.45) is 0 Å². The van der Waals surface area contributed by atoms with Gasteiger partial charge in [0.05, 0.1) is 0 Å². The van der Waals surface area contributed by atoms with E-state index in [-0.39, 0.29) is 0 Å². The fourth-order valence-electron chi connectivity index (χ4n) is 2.00. The first-order chi connectivity index (χ1) is 9.69. The first-order valence-electron chi connectivity index (χ1n) is 6.37. The van der Waals surface area contributed by atoms with Crippen LogP contribution in [0.15, 0.2) is 35.8 Å². The summed E-state index contributed by atoms with van der Waals surface area (Å²) in [4.78, 5) is 16.3. The molecule has 0 radical (unpaired) electrons. The zero-order valence-corrected chi connectivity index (χ0v) is 12.1. The summed E-state index contributed by atoms with van der Waals surface area (Å²) in [5.74, 6) is 1.51. The van der Waals surface area contributed by atoms with Crippen molar-refractivity contribution in [3.05, 3.63) is 47.1 Å². The molecule has 2 aromatic heterocycles. The van der Waals surface area contributed by atoms with E-state index < -0.39 is 0 Å². The van der Waals surface area contributed by atoms with Gasteiger partial charge in [-0.05, 0) is 23.6 Å². The summed E-state index contributed by atoms with van der Waals surface area (Å²) in [5.41, 5.74) is 1.69. The van der Waals surface area contributed by atoms with Gasteiger partial charge in [0.2, 0.25) is 5.88 Å². The van der Waals surface area contributed by atoms with Crippen molar-refractivity contribution >= 4 is 22.6 Å². The average molecular weight is 286 g/mol. The molecule has 0 amide bonds. The van der Waals surface area contributed by atoms with E-state index in [0.717, 1.165) is 11.2 Å². The summed E-state index contributed by atoms with van der Waals surface area (Å²) in [6, 6.07) is 7.85. The predicted octanol–water partition coefficient (Wildman–Crippen LogP) is 4.12. The van der Waals surface area contributed by atoms with Gasteiger partial charge < -0.3 is 4.74 Å². The van der Waals surface area contributed by atoms with Crippen LogP contribution in [0.5, 0.6) is 11.6 Å². The zero-order chi connectivity index (χ0) is 14.1. The van der Waals surface area contributed by atoms with Crippen LogP contribution in [0.25, 0.3) is 4.96 Å². The van der Waals surface area contributed by atoms with Gasteiger partial charge in [-0.2, -0.15) is 4.98 Å². The van der Waals surface area contributed by atoms with Crippen LogP contribution in [0.3, 0.4) is 0 Å². The smallest absolute Gasteiger partial charge is 0.250 e. The van der Waals surface area contributed by atoms with Crippen LogP contribution in [-0.4, -0.2) is 15.7 Å². The Labute approximate surface area is 120 Å². The van der Waals surface area contributed by atoms with Gasteiger partial charge >= 0.3 is 0 Å². The lowest BCUT2D eigenvalue weighted by molar-refractivity contribution is 0.111. The molecule has 0 aliphatic rings. The van der Waals surface area contributed by atoms with Gasteiger partial charge in [-0.3, -0.25) is 9.20 Å². The number of benzene rings is 1. The van der Waals surface area contributed by atoms with Gasteiger partial charge in [-0.1, -0.05) is 26.0 Å². The van der Waals surface area contributed by atoms with Crippen molar-refractivity contribution in [1.82, 2.24) is 9.38 Å². The number of carbonyl (C=O) groups excluding carboxylic acids is 1. The summed E-state index contributed by atoms with van der Waals surface area (Å²) in [7, 11) is 0. The third kappa shape index (κ3) is 2.20. The van der Waals surface area contributed by atoms with E-state index in [0.29, 0.717) is 23.2 Å². The van der Waals surface area contributed by atoms with E-state index in [2.05, 4.69) is 18.8 Å². The highest BCUT2D eigenvalue weighted by Crippen LogP contribution is 2.27. The normalized spacial score (nSPS) is 11.2. The van der Waals surface area contributed by atoms with E-state index in [9.17, 15) is 4.79 Å². The first-order valence-corrected chi connectivity index (χ1v) is 7.25. The van der Waals surface area contributed by atoms with Gasteiger partial charge in [-0.25, -0.2) is 0 Å². The molecule has 2 heterocycles. The molecule has 0 spiro atoms. The van der Waals surface area contributed by atoms with Crippen molar-refractivity contribution < 1.29 is 9.53 Å². The molecule has 3 rings (SSSR count). The fraction of sp³-hybridized carbons (Fsp3) is 0.200. The highest BCUT2D eigenvalue weighted by molar-refractivity contribution is 7.15. The molecule has 4 nitrogen and oxygen atoms in total. The summed E-state index contributed by atoms with van der Waals surface area (Å²) in [5, 5.41) is 1.89. The van der Waals surface area contributed by atoms with Crippen molar-refractivity contribution in [3.63, 3.8) is 0 Å². The van der Waals surface area contributed by atoms with Crippen LogP contribution < -0.4 is 4.74 Å². The Kier molecular flexibility index (Phi) is 3.28. The minimum atomic E-state index is 0.351.